The van der Waals surface area contributed by atoms with Crippen molar-refractivity contribution in [2.24, 2.45) is 0 Å². The zero-order chi connectivity index (χ0) is 17.8. The summed E-state index contributed by atoms with van der Waals surface area (Å²) in [7, 11) is 0. The van der Waals surface area contributed by atoms with Crippen molar-refractivity contribution >= 4 is 34.7 Å². The third-order valence-electron chi connectivity index (χ3n) is 3.66. The van der Waals surface area contributed by atoms with E-state index in [4.69, 9.17) is 11.6 Å². The van der Waals surface area contributed by atoms with Crippen molar-refractivity contribution in [1.29, 1.82) is 0 Å². The quantitative estimate of drug-likeness (QED) is 0.646. The van der Waals surface area contributed by atoms with Gasteiger partial charge in [-0.15, -0.1) is 11.3 Å². The van der Waals surface area contributed by atoms with Crippen LogP contribution in [0.2, 0.25) is 4.34 Å². The first-order chi connectivity index (χ1) is 12.0. The summed E-state index contributed by atoms with van der Waals surface area (Å²) in [5.41, 5.74) is 2.00. The van der Waals surface area contributed by atoms with E-state index in [0.29, 0.717) is 28.1 Å². The van der Waals surface area contributed by atoms with E-state index in [1.807, 2.05) is 24.5 Å². The van der Waals surface area contributed by atoms with E-state index in [-0.39, 0.29) is 5.91 Å². The molecule has 0 aliphatic carbocycles. The van der Waals surface area contributed by atoms with Crippen LogP contribution >= 0.6 is 22.9 Å². The van der Waals surface area contributed by atoms with Crippen molar-refractivity contribution in [3.8, 4) is 5.82 Å². The summed E-state index contributed by atoms with van der Waals surface area (Å²) < 4.78 is 2.51. The summed E-state index contributed by atoms with van der Waals surface area (Å²) in [6.45, 7) is 4.96. The van der Waals surface area contributed by atoms with Gasteiger partial charge in [-0.25, -0.2) is 15.0 Å². The molecule has 0 aliphatic rings. The summed E-state index contributed by atoms with van der Waals surface area (Å²) in [4.78, 5) is 25.3. The number of hydrogen-bond donors (Lipinski definition) is 2. The fraction of sp³-hybridized carbons (Fsp3) is 0.250. The molecule has 0 atom stereocenters. The Kier molecular flexibility index (Phi) is 5.30. The van der Waals surface area contributed by atoms with Gasteiger partial charge in [-0.3, -0.25) is 9.36 Å². The number of anilines is 1. The first-order valence-electron chi connectivity index (χ1n) is 7.65. The van der Waals surface area contributed by atoms with Gasteiger partial charge in [0.05, 0.1) is 14.9 Å². The number of aromatic nitrogens is 4. The molecule has 0 spiro atoms. The molecular weight excluding hydrogens is 360 g/mol. The number of amides is 1. The molecule has 0 aromatic carbocycles. The molecule has 0 saturated carbocycles. The van der Waals surface area contributed by atoms with E-state index in [1.54, 1.807) is 18.5 Å². The fourth-order valence-electron chi connectivity index (χ4n) is 2.20. The Balaban J connectivity index is 1.54. The zero-order valence-corrected chi connectivity index (χ0v) is 15.4. The van der Waals surface area contributed by atoms with Gasteiger partial charge in [0, 0.05) is 24.8 Å². The SMILES string of the molecule is Cc1ncn(-c2cc(NCCNC(=O)c3ccc(Cl)s3)ncn2)c1C. The maximum atomic E-state index is 11.9. The number of nitrogens with one attached hydrogen (secondary N) is 2. The molecule has 130 valence electrons. The Morgan fingerprint density at radius 3 is 2.76 bits per heavy atom. The molecule has 1 amide bonds. The second kappa shape index (κ2) is 7.62. The normalized spacial score (nSPS) is 10.7. The van der Waals surface area contributed by atoms with Crippen LogP contribution in [0.4, 0.5) is 5.82 Å². The van der Waals surface area contributed by atoms with Crippen LogP contribution in [0.5, 0.6) is 0 Å². The Labute approximate surface area is 154 Å². The first-order valence-corrected chi connectivity index (χ1v) is 8.84. The minimum absolute atomic E-state index is 0.133. The average molecular weight is 377 g/mol. The van der Waals surface area contributed by atoms with Crippen LogP contribution in [0.3, 0.4) is 0 Å². The number of hydrogen-bond acceptors (Lipinski definition) is 6. The monoisotopic (exact) mass is 376 g/mol. The Bertz CT molecular complexity index is 890. The highest BCUT2D eigenvalue weighted by atomic mass is 35.5. The molecule has 0 fully saturated rings. The maximum absolute atomic E-state index is 11.9. The predicted octanol–water partition coefficient (Wildman–Crippen LogP) is 2.84. The van der Waals surface area contributed by atoms with E-state index in [0.717, 1.165) is 17.2 Å². The van der Waals surface area contributed by atoms with Crippen LogP contribution in [0.1, 0.15) is 21.1 Å². The molecule has 3 aromatic heterocycles. The van der Waals surface area contributed by atoms with Crippen molar-refractivity contribution in [2.75, 3.05) is 18.4 Å². The van der Waals surface area contributed by atoms with E-state index < -0.39 is 0 Å². The van der Waals surface area contributed by atoms with Gasteiger partial charge in [-0.2, -0.15) is 0 Å². The fourth-order valence-corrected chi connectivity index (χ4v) is 3.15. The number of carbonyl (C=O) groups excluding carboxylic acids is 1. The molecule has 0 radical (unpaired) electrons. The Morgan fingerprint density at radius 2 is 2.08 bits per heavy atom. The highest BCUT2D eigenvalue weighted by molar-refractivity contribution is 7.17. The number of carbonyl (C=O) groups is 1. The van der Waals surface area contributed by atoms with Crippen molar-refractivity contribution in [3.05, 3.63) is 51.5 Å². The Morgan fingerprint density at radius 1 is 1.24 bits per heavy atom. The highest BCUT2D eigenvalue weighted by Crippen LogP contribution is 2.21. The van der Waals surface area contributed by atoms with E-state index >= 15 is 0 Å². The molecule has 3 heterocycles. The number of thiophene rings is 1. The summed E-state index contributed by atoms with van der Waals surface area (Å²) in [6.07, 6.45) is 3.24. The minimum Gasteiger partial charge on any atom is -0.368 e. The van der Waals surface area contributed by atoms with Crippen molar-refractivity contribution < 1.29 is 4.79 Å². The van der Waals surface area contributed by atoms with E-state index in [2.05, 4.69) is 25.6 Å². The van der Waals surface area contributed by atoms with Crippen molar-refractivity contribution in [2.45, 2.75) is 13.8 Å². The lowest BCUT2D eigenvalue weighted by Gasteiger charge is -2.09. The smallest absolute Gasteiger partial charge is 0.261 e. The largest absolute Gasteiger partial charge is 0.368 e. The first kappa shape index (κ1) is 17.4. The maximum Gasteiger partial charge on any atom is 0.261 e. The lowest BCUT2D eigenvalue weighted by Crippen LogP contribution is -2.28. The average Bonchev–Trinajstić information content (AvgIpc) is 3.18. The molecular formula is C16H17ClN6OS. The van der Waals surface area contributed by atoms with E-state index in [1.165, 1.54) is 17.7 Å². The number of halogens is 1. The number of nitrogens with zero attached hydrogens (tertiary/aromatic N) is 4. The third-order valence-corrected chi connectivity index (χ3v) is 4.89. The molecule has 3 aromatic rings. The molecule has 0 saturated heterocycles. The predicted molar refractivity (Wildman–Crippen MR) is 98.8 cm³/mol. The molecule has 9 heteroatoms. The summed E-state index contributed by atoms with van der Waals surface area (Å²) in [5, 5.41) is 6.00. The summed E-state index contributed by atoms with van der Waals surface area (Å²) in [6, 6.07) is 5.26. The Hall–Kier alpha value is -2.45. The van der Waals surface area contributed by atoms with Gasteiger partial charge in [0.1, 0.15) is 24.3 Å². The van der Waals surface area contributed by atoms with Gasteiger partial charge in [0.2, 0.25) is 0 Å². The van der Waals surface area contributed by atoms with Gasteiger partial charge in [0.15, 0.2) is 0 Å². The van der Waals surface area contributed by atoms with Crippen molar-refractivity contribution in [1.82, 2.24) is 24.8 Å². The lowest BCUT2D eigenvalue weighted by molar-refractivity contribution is 0.0959. The van der Waals surface area contributed by atoms with Crippen LogP contribution < -0.4 is 10.6 Å². The molecule has 0 bridgehead atoms. The number of aryl methyl sites for hydroxylation is 1. The highest BCUT2D eigenvalue weighted by Gasteiger charge is 2.08. The third kappa shape index (κ3) is 4.15. The number of imidazole rings is 1. The van der Waals surface area contributed by atoms with Gasteiger partial charge in [0.25, 0.3) is 5.91 Å². The second-order valence-electron chi connectivity index (χ2n) is 5.33. The topological polar surface area (TPSA) is 84.7 Å². The molecule has 2 N–H and O–H groups in total. The van der Waals surface area contributed by atoms with Gasteiger partial charge in [-0.1, -0.05) is 11.6 Å². The molecule has 25 heavy (non-hydrogen) atoms. The van der Waals surface area contributed by atoms with Crippen LogP contribution in [0.15, 0.2) is 30.9 Å². The molecule has 0 unspecified atom stereocenters. The standard InChI is InChI=1S/C16H17ClN6OS/c1-10-11(2)23(9-22-10)15-7-14(20-8-21-15)18-5-6-19-16(24)12-3-4-13(17)25-12/h3-4,7-9H,5-6H2,1-2H3,(H,19,24)(H,18,20,21). The lowest BCUT2D eigenvalue weighted by atomic mass is 10.4. The van der Waals surface area contributed by atoms with Gasteiger partial charge in [-0.05, 0) is 26.0 Å². The minimum atomic E-state index is -0.133. The number of rotatable bonds is 6. The van der Waals surface area contributed by atoms with Crippen LogP contribution in [0.25, 0.3) is 5.82 Å². The molecule has 0 aliphatic heterocycles. The second-order valence-corrected chi connectivity index (χ2v) is 7.05. The van der Waals surface area contributed by atoms with Gasteiger partial charge >= 0.3 is 0 Å². The molecule has 7 nitrogen and oxygen atoms in total. The summed E-state index contributed by atoms with van der Waals surface area (Å²) in [5.74, 6) is 1.30. The molecule has 3 rings (SSSR count). The van der Waals surface area contributed by atoms with Gasteiger partial charge < -0.3 is 10.6 Å². The van der Waals surface area contributed by atoms with Crippen LogP contribution in [-0.2, 0) is 0 Å². The zero-order valence-electron chi connectivity index (χ0n) is 13.8. The van der Waals surface area contributed by atoms with Crippen LogP contribution in [0, 0.1) is 13.8 Å². The summed E-state index contributed by atoms with van der Waals surface area (Å²) >= 11 is 7.09. The van der Waals surface area contributed by atoms with Crippen molar-refractivity contribution in [3.63, 3.8) is 0 Å². The van der Waals surface area contributed by atoms with E-state index in [9.17, 15) is 4.79 Å². The van der Waals surface area contributed by atoms with Crippen LogP contribution in [-0.4, -0.2) is 38.5 Å².